The number of fused-ring (bicyclic) bond motifs is 1. The van der Waals surface area contributed by atoms with Gasteiger partial charge in [0.05, 0.1) is 13.0 Å². The summed E-state index contributed by atoms with van der Waals surface area (Å²) >= 11 is 0. The van der Waals surface area contributed by atoms with E-state index in [1.54, 1.807) is 68.1 Å². The lowest BCUT2D eigenvalue weighted by Crippen LogP contribution is -2.35. The van der Waals surface area contributed by atoms with E-state index in [9.17, 15) is 19.2 Å². The van der Waals surface area contributed by atoms with Crippen molar-refractivity contribution in [3.63, 3.8) is 0 Å². The minimum absolute atomic E-state index is 0.0333. The molecule has 0 bridgehead atoms. The monoisotopic (exact) mass is 585 g/mol. The number of hydrogen-bond donors (Lipinski definition) is 3. The molecule has 3 aromatic carbocycles. The molecule has 4 rings (SSSR count). The Balaban J connectivity index is 1.35. The SMILES string of the molecule is CC(C)(C)OC(=O)CCN1Cc2cc(NC(=O)c3ccc(/C(N)=N\C(=O)OCc4ccccc4)cc3)ccc2NCC1=O. The van der Waals surface area contributed by atoms with E-state index in [-0.39, 0.29) is 56.3 Å². The molecule has 0 atom stereocenters. The molecule has 3 amide bonds. The number of rotatable bonds is 8. The zero-order valence-corrected chi connectivity index (χ0v) is 24.4. The average Bonchev–Trinajstić information content (AvgIpc) is 3.12. The van der Waals surface area contributed by atoms with Crippen molar-refractivity contribution >= 4 is 41.1 Å². The molecule has 1 heterocycles. The second-order valence-electron chi connectivity index (χ2n) is 10.9. The second-order valence-corrected chi connectivity index (χ2v) is 10.9. The normalized spacial score (nSPS) is 13.3. The first kappa shape index (κ1) is 30.8. The molecule has 1 aliphatic rings. The lowest BCUT2D eigenvalue weighted by molar-refractivity contribution is -0.155. The second kappa shape index (κ2) is 13.6. The van der Waals surface area contributed by atoms with Crippen molar-refractivity contribution in [2.45, 2.75) is 45.9 Å². The van der Waals surface area contributed by atoms with Crippen LogP contribution in [0.15, 0.2) is 77.8 Å². The summed E-state index contributed by atoms with van der Waals surface area (Å²) in [7, 11) is 0. The number of carbonyl (C=O) groups is 4. The molecule has 0 radical (unpaired) electrons. The van der Waals surface area contributed by atoms with E-state index in [4.69, 9.17) is 15.2 Å². The highest BCUT2D eigenvalue weighted by molar-refractivity contribution is 6.06. The van der Waals surface area contributed by atoms with Crippen molar-refractivity contribution in [3.05, 3.63) is 95.1 Å². The van der Waals surface area contributed by atoms with Gasteiger partial charge in [-0.3, -0.25) is 14.4 Å². The van der Waals surface area contributed by atoms with E-state index in [1.807, 2.05) is 30.3 Å². The van der Waals surface area contributed by atoms with Crippen molar-refractivity contribution in [3.8, 4) is 0 Å². The van der Waals surface area contributed by atoms with Gasteiger partial charge in [0.15, 0.2) is 0 Å². The van der Waals surface area contributed by atoms with Crippen LogP contribution in [0.3, 0.4) is 0 Å². The van der Waals surface area contributed by atoms with Gasteiger partial charge in [0, 0.05) is 35.6 Å². The van der Waals surface area contributed by atoms with Crippen LogP contribution in [-0.2, 0) is 32.2 Å². The number of amides is 3. The molecular weight excluding hydrogens is 550 g/mol. The fraction of sp³-hybridized carbons (Fsp3) is 0.281. The maximum atomic E-state index is 13.0. The minimum Gasteiger partial charge on any atom is -0.460 e. The summed E-state index contributed by atoms with van der Waals surface area (Å²) in [5.41, 5.74) is 9.13. The highest BCUT2D eigenvalue weighted by Crippen LogP contribution is 2.25. The number of nitrogens with one attached hydrogen (secondary N) is 2. The van der Waals surface area contributed by atoms with Gasteiger partial charge >= 0.3 is 12.1 Å². The molecule has 0 saturated heterocycles. The first-order chi connectivity index (χ1) is 20.5. The molecule has 43 heavy (non-hydrogen) atoms. The molecule has 11 heteroatoms. The Labute approximate surface area is 250 Å². The van der Waals surface area contributed by atoms with Gasteiger partial charge in [-0.1, -0.05) is 42.5 Å². The zero-order valence-electron chi connectivity index (χ0n) is 24.4. The number of hydrogen-bond acceptors (Lipinski definition) is 7. The fourth-order valence-corrected chi connectivity index (χ4v) is 4.28. The van der Waals surface area contributed by atoms with Gasteiger partial charge in [-0.25, -0.2) is 4.79 Å². The first-order valence-electron chi connectivity index (χ1n) is 13.8. The third kappa shape index (κ3) is 9.15. The third-order valence-corrected chi connectivity index (χ3v) is 6.37. The predicted octanol–water partition coefficient (Wildman–Crippen LogP) is 4.47. The zero-order chi connectivity index (χ0) is 31.0. The van der Waals surface area contributed by atoms with E-state index in [2.05, 4.69) is 15.6 Å². The van der Waals surface area contributed by atoms with Gasteiger partial charge in [-0.15, -0.1) is 0 Å². The summed E-state index contributed by atoms with van der Waals surface area (Å²) in [6.45, 7) is 6.05. The summed E-state index contributed by atoms with van der Waals surface area (Å²) < 4.78 is 10.5. The highest BCUT2D eigenvalue weighted by atomic mass is 16.6. The Hall–Kier alpha value is -5.19. The third-order valence-electron chi connectivity index (χ3n) is 6.37. The summed E-state index contributed by atoms with van der Waals surface area (Å²) in [4.78, 5) is 55.2. The maximum absolute atomic E-state index is 13.0. The Morgan fingerprint density at radius 3 is 2.40 bits per heavy atom. The smallest absolute Gasteiger partial charge is 0.435 e. The van der Waals surface area contributed by atoms with Gasteiger partial charge in [0.25, 0.3) is 5.91 Å². The van der Waals surface area contributed by atoms with Crippen LogP contribution in [0.5, 0.6) is 0 Å². The Kier molecular flexibility index (Phi) is 9.76. The molecule has 1 aliphatic heterocycles. The number of amidine groups is 1. The molecule has 11 nitrogen and oxygen atoms in total. The molecular formula is C32H35N5O6. The van der Waals surface area contributed by atoms with E-state index in [1.165, 1.54) is 0 Å². The van der Waals surface area contributed by atoms with Gasteiger partial charge in [0.1, 0.15) is 18.0 Å². The molecule has 0 spiro atoms. The quantitative estimate of drug-likeness (QED) is 0.199. The number of benzene rings is 3. The van der Waals surface area contributed by atoms with Crippen molar-refractivity contribution < 1.29 is 28.7 Å². The maximum Gasteiger partial charge on any atom is 0.435 e. The fourth-order valence-electron chi connectivity index (χ4n) is 4.28. The Morgan fingerprint density at radius 1 is 1.00 bits per heavy atom. The molecule has 4 N–H and O–H groups in total. The van der Waals surface area contributed by atoms with E-state index >= 15 is 0 Å². The standard InChI is InChI=1S/C32H35N5O6/c1-32(2,3)43-28(39)15-16-37-19-24-17-25(13-14-26(24)34-18-27(37)38)35-30(40)23-11-9-22(10-12-23)29(33)36-31(41)42-20-21-7-5-4-6-8-21/h4-14,17,34H,15-16,18-20H2,1-3H3,(H,35,40)(H2,33,36,41). The van der Waals surface area contributed by atoms with Crippen LogP contribution < -0.4 is 16.4 Å². The Morgan fingerprint density at radius 2 is 1.70 bits per heavy atom. The van der Waals surface area contributed by atoms with Crippen LogP contribution in [-0.4, -0.2) is 53.3 Å². The van der Waals surface area contributed by atoms with Crippen molar-refractivity contribution in [1.29, 1.82) is 0 Å². The Bertz CT molecular complexity index is 1510. The van der Waals surface area contributed by atoms with Crippen LogP contribution in [0, 0.1) is 0 Å². The summed E-state index contributed by atoms with van der Waals surface area (Å²) in [6.07, 6.45) is -0.736. The van der Waals surface area contributed by atoms with E-state index in [0.717, 1.165) is 16.8 Å². The van der Waals surface area contributed by atoms with Crippen LogP contribution in [0.25, 0.3) is 0 Å². The summed E-state index contributed by atoms with van der Waals surface area (Å²) in [6, 6.07) is 20.9. The number of carbonyl (C=O) groups excluding carboxylic acids is 4. The largest absolute Gasteiger partial charge is 0.460 e. The van der Waals surface area contributed by atoms with Crippen LogP contribution in [0.4, 0.5) is 16.2 Å². The molecule has 224 valence electrons. The molecule has 0 aliphatic carbocycles. The number of nitrogens with two attached hydrogens (primary N) is 1. The first-order valence-corrected chi connectivity index (χ1v) is 13.8. The summed E-state index contributed by atoms with van der Waals surface area (Å²) in [5, 5.41) is 5.98. The van der Waals surface area contributed by atoms with Crippen LogP contribution >= 0.6 is 0 Å². The molecule has 3 aromatic rings. The minimum atomic E-state index is -0.814. The van der Waals surface area contributed by atoms with Gasteiger partial charge in [-0.05, 0) is 62.2 Å². The van der Waals surface area contributed by atoms with Crippen LogP contribution in [0.2, 0.25) is 0 Å². The number of anilines is 2. The molecule has 0 unspecified atom stereocenters. The number of nitrogens with zero attached hydrogens (tertiary/aromatic N) is 2. The molecule has 0 fully saturated rings. The van der Waals surface area contributed by atoms with E-state index < -0.39 is 11.7 Å². The summed E-state index contributed by atoms with van der Waals surface area (Å²) in [5.74, 6) is -0.906. The van der Waals surface area contributed by atoms with Gasteiger partial charge in [-0.2, -0.15) is 4.99 Å². The van der Waals surface area contributed by atoms with Gasteiger partial charge < -0.3 is 30.7 Å². The van der Waals surface area contributed by atoms with E-state index in [0.29, 0.717) is 16.8 Å². The highest BCUT2D eigenvalue weighted by Gasteiger charge is 2.23. The van der Waals surface area contributed by atoms with Crippen molar-refractivity contribution in [2.75, 3.05) is 23.7 Å². The topological polar surface area (TPSA) is 152 Å². The lowest BCUT2D eigenvalue weighted by Gasteiger charge is -2.23. The van der Waals surface area contributed by atoms with Gasteiger partial charge in [0.2, 0.25) is 5.91 Å². The van der Waals surface area contributed by atoms with Crippen molar-refractivity contribution in [2.24, 2.45) is 10.7 Å². The molecule has 0 saturated carbocycles. The van der Waals surface area contributed by atoms with Crippen molar-refractivity contribution in [1.82, 2.24) is 4.90 Å². The lowest BCUT2D eigenvalue weighted by atomic mass is 10.1. The van der Waals surface area contributed by atoms with Crippen LogP contribution in [0.1, 0.15) is 54.2 Å². The number of aliphatic imine (C=N–C) groups is 1. The predicted molar refractivity (Wildman–Crippen MR) is 163 cm³/mol. The molecule has 0 aromatic heterocycles. The number of esters is 1. The number of ether oxygens (including phenoxy) is 2. The average molecular weight is 586 g/mol.